The molecule has 2 fully saturated rings. The summed E-state index contributed by atoms with van der Waals surface area (Å²) < 4.78 is 38.2. The molecule has 0 unspecified atom stereocenters. The number of amides is 2. The van der Waals surface area contributed by atoms with E-state index in [0.717, 1.165) is 31.9 Å². The van der Waals surface area contributed by atoms with E-state index in [9.17, 15) is 18.0 Å². The van der Waals surface area contributed by atoms with Crippen molar-refractivity contribution < 1.29 is 27.5 Å². The number of hydrogen-bond donors (Lipinski definition) is 1. The molecule has 2 aliphatic carbocycles. The molecule has 1 N–H and O–H groups in total. The lowest BCUT2D eigenvalue weighted by molar-refractivity contribution is -0.125. The normalized spacial score (nSPS) is 19.9. The van der Waals surface area contributed by atoms with E-state index in [2.05, 4.69) is 20.0 Å². The van der Waals surface area contributed by atoms with E-state index in [1.165, 1.54) is 11.1 Å². The predicted molar refractivity (Wildman–Crippen MR) is 139 cm³/mol. The molecule has 2 aromatic heterocycles. The number of carbonyl (C=O) groups is 2. The Morgan fingerprint density at radius 2 is 1.92 bits per heavy atom. The molecule has 4 rings (SSSR count). The highest BCUT2D eigenvalue weighted by Gasteiger charge is 2.31. The molecule has 0 spiro atoms. The number of nitrogens with one attached hydrogen (secondary N) is 1. The first-order valence-electron chi connectivity index (χ1n) is 13.1. The van der Waals surface area contributed by atoms with Gasteiger partial charge in [0, 0.05) is 26.1 Å². The highest BCUT2D eigenvalue weighted by atomic mass is 32.2. The van der Waals surface area contributed by atoms with Crippen LogP contribution in [-0.4, -0.2) is 70.7 Å². The monoisotopic (exact) mass is 548 g/mol. The summed E-state index contributed by atoms with van der Waals surface area (Å²) in [5.41, 5.74) is 1.44. The highest BCUT2D eigenvalue weighted by molar-refractivity contribution is 7.89. The van der Waals surface area contributed by atoms with Crippen LogP contribution in [0.25, 0.3) is 11.4 Å². The average Bonchev–Trinajstić information content (AvgIpc) is 3.18. The minimum Gasteiger partial charge on any atom is -0.489 e. The fourth-order valence-corrected chi connectivity index (χ4v) is 5.36. The summed E-state index contributed by atoms with van der Waals surface area (Å²) in [6.45, 7) is 4.96. The molecule has 0 radical (unpaired) electrons. The zero-order valence-electron chi connectivity index (χ0n) is 22.3. The van der Waals surface area contributed by atoms with Crippen LogP contribution in [0, 0.1) is 18.8 Å². The van der Waals surface area contributed by atoms with Crippen molar-refractivity contribution in [3.8, 4) is 23.0 Å². The van der Waals surface area contributed by atoms with E-state index >= 15 is 0 Å². The lowest BCUT2D eigenvalue weighted by Crippen LogP contribution is -2.39. The van der Waals surface area contributed by atoms with Crippen molar-refractivity contribution in [2.45, 2.75) is 64.9 Å². The first-order valence-corrected chi connectivity index (χ1v) is 15.0. The number of nitrogens with zero attached hydrogens (tertiary/aromatic N) is 5. The molecule has 0 aliphatic heterocycles. The van der Waals surface area contributed by atoms with E-state index in [0.29, 0.717) is 54.7 Å². The van der Waals surface area contributed by atoms with E-state index in [1.807, 2.05) is 6.92 Å². The molecule has 38 heavy (non-hydrogen) atoms. The second-order valence-corrected chi connectivity index (χ2v) is 11.9. The molecule has 2 heterocycles. The maximum atomic E-state index is 12.9. The van der Waals surface area contributed by atoms with Crippen molar-refractivity contribution in [2.75, 3.05) is 19.3 Å². The van der Waals surface area contributed by atoms with Crippen molar-refractivity contribution in [3.05, 3.63) is 17.8 Å². The largest absolute Gasteiger partial charge is 0.489 e. The Morgan fingerprint density at radius 1 is 1.18 bits per heavy atom. The maximum Gasteiger partial charge on any atom is 0.416 e. The molecule has 13 heteroatoms. The number of hydrogen-bond acceptors (Lipinski definition) is 9. The minimum atomic E-state index is -3.60. The van der Waals surface area contributed by atoms with Gasteiger partial charge in [0.25, 0.3) is 5.88 Å². The molecular formula is C25H36N6O6S. The van der Waals surface area contributed by atoms with Gasteiger partial charge in [0.1, 0.15) is 5.75 Å². The molecule has 208 valence electrons. The van der Waals surface area contributed by atoms with Gasteiger partial charge in [-0.1, -0.05) is 11.6 Å². The fourth-order valence-electron chi connectivity index (χ4n) is 4.83. The van der Waals surface area contributed by atoms with Gasteiger partial charge in [-0.3, -0.25) is 9.52 Å². The third-order valence-corrected chi connectivity index (χ3v) is 7.73. The summed E-state index contributed by atoms with van der Waals surface area (Å²) >= 11 is 0. The van der Waals surface area contributed by atoms with Crippen molar-refractivity contribution in [2.24, 2.45) is 18.9 Å². The summed E-state index contributed by atoms with van der Waals surface area (Å²) in [6.07, 6.45) is 6.30. The molecule has 2 atom stereocenters. The fraction of sp³-hybridized carbons (Fsp3) is 0.640. The van der Waals surface area contributed by atoms with Gasteiger partial charge in [0.05, 0.1) is 23.7 Å². The summed E-state index contributed by atoms with van der Waals surface area (Å²) in [4.78, 5) is 31.5. The molecule has 2 amide bonds. The minimum absolute atomic E-state index is 0.217. The highest BCUT2D eigenvalue weighted by Crippen LogP contribution is 2.32. The standard InChI is InChI=1S/C25H36N6O6S/c1-5-31(15-17-8-6-9-17)25(33)37-24-22(27-29-30(24)3)20-12-13-21(16(2)26-20)36-19-11-7-10-18(14-19)23(32)28-38(4,34)35/h12-13,17-19H,5-11,14-15H2,1-4H3,(H,28,32)/t18-,19-/m0/s1. The molecule has 0 aromatic carbocycles. The summed E-state index contributed by atoms with van der Waals surface area (Å²) in [6, 6.07) is 3.50. The van der Waals surface area contributed by atoms with Crippen LogP contribution in [0.2, 0.25) is 0 Å². The summed E-state index contributed by atoms with van der Waals surface area (Å²) in [5, 5.41) is 8.21. The van der Waals surface area contributed by atoms with Gasteiger partial charge in [0.2, 0.25) is 15.9 Å². The van der Waals surface area contributed by atoms with Gasteiger partial charge in [-0.15, -0.1) is 5.10 Å². The second kappa shape index (κ2) is 11.7. The van der Waals surface area contributed by atoms with Crippen molar-refractivity contribution in [1.29, 1.82) is 0 Å². The third kappa shape index (κ3) is 6.80. The molecule has 12 nitrogen and oxygen atoms in total. The Labute approximate surface area is 223 Å². The van der Waals surface area contributed by atoms with Crippen LogP contribution >= 0.6 is 0 Å². The van der Waals surface area contributed by atoms with Crippen LogP contribution in [0.15, 0.2) is 12.1 Å². The van der Waals surface area contributed by atoms with Crippen LogP contribution in [0.5, 0.6) is 11.6 Å². The molecule has 0 bridgehead atoms. The number of carbonyl (C=O) groups excluding carboxylic acids is 2. The van der Waals surface area contributed by atoms with Gasteiger partial charge in [-0.05, 0) is 70.4 Å². The Balaban J connectivity index is 1.43. The maximum absolute atomic E-state index is 12.9. The Kier molecular flexibility index (Phi) is 8.54. The van der Waals surface area contributed by atoms with Crippen LogP contribution in [-0.2, 0) is 21.9 Å². The first-order chi connectivity index (χ1) is 18.0. The number of rotatable bonds is 9. The molecule has 2 aromatic rings. The van der Waals surface area contributed by atoms with Crippen molar-refractivity contribution in [1.82, 2.24) is 29.6 Å². The zero-order chi connectivity index (χ0) is 27.4. The molecule has 2 saturated carbocycles. The summed E-state index contributed by atoms with van der Waals surface area (Å²) in [5.74, 6) is 0.375. The van der Waals surface area contributed by atoms with Crippen LogP contribution < -0.4 is 14.2 Å². The number of aromatic nitrogens is 4. The lowest BCUT2D eigenvalue weighted by atomic mass is 9.85. The van der Waals surface area contributed by atoms with Crippen molar-refractivity contribution in [3.63, 3.8) is 0 Å². The van der Waals surface area contributed by atoms with Gasteiger partial charge >= 0.3 is 6.09 Å². The molecule has 0 saturated heterocycles. The van der Waals surface area contributed by atoms with E-state index in [1.54, 1.807) is 31.0 Å². The van der Waals surface area contributed by atoms with Crippen LogP contribution in [0.1, 0.15) is 57.6 Å². The second-order valence-electron chi connectivity index (χ2n) is 10.2. The number of aryl methyl sites for hydroxylation is 2. The number of ether oxygens (including phenoxy) is 2. The Morgan fingerprint density at radius 3 is 2.55 bits per heavy atom. The third-order valence-electron chi connectivity index (χ3n) is 7.16. The van der Waals surface area contributed by atoms with Gasteiger partial charge in [-0.2, -0.15) is 0 Å². The lowest BCUT2D eigenvalue weighted by Gasteiger charge is -2.31. The average molecular weight is 549 g/mol. The zero-order valence-corrected chi connectivity index (χ0v) is 23.2. The summed E-state index contributed by atoms with van der Waals surface area (Å²) in [7, 11) is -1.95. The van der Waals surface area contributed by atoms with Crippen LogP contribution in [0.4, 0.5) is 4.79 Å². The molecular weight excluding hydrogens is 512 g/mol. The van der Waals surface area contributed by atoms with E-state index in [-0.39, 0.29) is 12.0 Å². The van der Waals surface area contributed by atoms with E-state index < -0.39 is 27.9 Å². The quantitative estimate of drug-likeness (QED) is 0.500. The number of sulfonamides is 1. The van der Waals surface area contributed by atoms with Crippen LogP contribution in [0.3, 0.4) is 0 Å². The Bertz CT molecular complexity index is 1280. The van der Waals surface area contributed by atoms with Gasteiger partial charge in [0.15, 0.2) is 5.69 Å². The smallest absolute Gasteiger partial charge is 0.416 e. The topological polar surface area (TPSA) is 146 Å². The predicted octanol–water partition coefficient (Wildman–Crippen LogP) is 2.82. The van der Waals surface area contributed by atoms with Gasteiger partial charge < -0.3 is 14.4 Å². The van der Waals surface area contributed by atoms with E-state index in [4.69, 9.17) is 9.47 Å². The van der Waals surface area contributed by atoms with Gasteiger partial charge in [-0.25, -0.2) is 22.9 Å². The molecule has 2 aliphatic rings. The first kappa shape index (κ1) is 27.8. The van der Waals surface area contributed by atoms with Crippen molar-refractivity contribution >= 4 is 22.0 Å². The SMILES string of the molecule is CCN(CC1CCC1)C(=O)Oc1c(-c2ccc(O[C@H]3CCC[C@H](C(=O)NS(C)(=O)=O)C3)c(C)n2)nnn1C. The Hall–Kier alpha value is -3.22. The number of pyridine rings is 1.